The molecule has 5 N–H and O–H groups in total. The molecule has 0 fully saturated rings. The fourth-order valence-corrected chi connectivity index (χ4v) is 3.34. The van der Waals surface area contributed by atoms with Crippen molar-refractivity contribution < 1.29 is 45.3 Å². The van der Waals surface area contributed by atoms with Crippen molar-refractivity contribution in [2.45, 2.75) is 13.2 Å². The van der Waals surface area contributed by atoms with E-state index in [1.165, 1.54) is 16.3 Å². The number of benzene rings is 3. The number of quaternary nitrogens is 2. The van der Waals surface area contributed by atoms with Gasteiger partial charge in [0.1, 0.15) is 32.0 Å². The van der Waals surface area contributed by atoms with Crippen LogP contribution in [0.4, 0.5) is 0 Å². The van der Waals surface area contributed by atoms with Crippen molar-refractivity contribution >= 4 is 22.4 Å². The molecule has 0 saturated heterocycles. The summed E-state index contributed by atoms with van der Waals surface area (Å²) in [6, 6.07) is 20.4. The van der Waals surface area contributed by atoms with E-state index in [2.05, 4.69) is 47.0 Å². The van der Waals surface area contributed by atoms with E-state index in [1.807, 2.05) is 24.3 Å². The molecule has 4 nitrogen and oxygen atoms in total. The molecule has 0 spiro atoms. The molecule has 7 heteroatoms. The summed E-state index contributed by atoms with van der Waals surface area (Å²) in [7, 11) is 0. The molecule has 0 amide bonds. The van der Waals surface area contributed by atoms with Crippen LogP contribution in [0.3, 0.4) is 0 Å². The van der Waals surface area contributed by atoms with E-state index in [0.29, 0.717) is 6.61 Å². The predicted octanol–water partition coefficient (Wildman–Crippen LogP) is -4.30. The molecule has 3 rings (SSSR count). The number of fused-ring (bicyclic) bond motifs is 1. The van der Waals surface area contributed by atoms with Crippen LogP contribution in [-0.4, -0.2) is 31.3 Å². The Labute approximate surface area is 189 Å². The summed E-state index contributed by atoms with van der Waals surface area (Å²) in [6.45, 7) is 4.27. The number of hydrogen-bond donors (Lipinski definition) is 3. The summed E-state index contributed by atoms with van der Waals surface area (Å²) in [6.07, 6.45) is 0. The van der Waals surface area contributed by atoms with Crippen molar-refractivity contribution in [3.8, 4) is 5.75 Å². The van der Waals surface area contributed by atoms with Gasteiger partial charge in [0.25, 0.3) is 0 Å². The van der Waals surface area contributed by atoms with Gasteiger partial charge in [-0.1, -0.05) is 60.1 Å². The average molecular weight is 458 g/mol. The van der Waals surface area contributed by atoms with E-state index in [1.54, 1.807) is 0 Å². The van der Waals surface area contributed by atoms with Crippen molar-refractivity contribution in [2.75, 3.05) is 26.2 Å². The first kappa shape index (κ1) is 25.5. The summed E-state index contributed by atoms with van der Waals surface area (Å²) in [5, 5.41) is 16.5. The molecule has 0 aliphatic rings. The van der Waals surface area contributed by atoms with Gasteiger partial charge in [-0.15, -0.1) is 0 Å². The zero-order valence-corrected chi connectivity index (χ0v) is 18.4. The molecule has 0 aliphatic carbocycles. The van der Waals surface area contributed by atoms with Crippen LogP contribution >= 0.6 is 11.6 Å². The van der Waals surface area contributed by atoms with E-state index < -0.39 is 0 Å². The first-order valence-electron chi connectivity index (χ1n) is 9.40. The van der Waals surface area contributed by atoms with Gasteiger partial charge in [-0.3, -0.25) is 0 Å². The van der Waals surface area contributed by atoms with E-state index in [0.717, 1.165) is 42.5 Å². The maximum atomic E-state index is 8.86. The molecule has 0 aliphatic heterocycles. The van der Waals surface area contributed by atoms with E-state index >= 15 is 0 Å². The largest absolute Gasteiger partial charge is 1.00 e. The van der Waals surface area contributed by atoms with Gasteiger partial charge in [0, 0.05) is 10.6 Å². The lowest BCUT2D eigenvalue weighted by atomic mass is 10.0. The summed E-state index contributed by atoms with van der Waals surface area (Å²) >= 11 is 6.26. The Bertz CT molecular complexity index is 878. The summed E-state index contributed by atoms with van der Waals surface area (Å²) in [4.78, 5) is 0. The van der Waals surface area contributed by atoms with Crippen LogP contribution < -0.4 is 40.2 Å². The van der Waals surface area contributed by atoms with Crippen LogP contribution in [0.2, 0.25) is 5.02 Å². The maximum Gasteiger partial charge on any atom is 0.129 e. The van der Waals surface area contributed by atoms with Crippen LogP contribution in [0.1, 0.15) is 11.1 Å². The molecular formula is C22H27Cl3N2O2. The van der Waals surface area contributed by atoms with Gasteiger partial charge >= 0.3 is 0 Å². The highest BCUT2D eigenvalue weighted by Gasteiger charge is 2.12. The molecule has 3 aromatic carbocycles. The minimum atomic E-state index is 0. The Morgan fingerprint density at radius 3 is 2.34 bits per heavy atom. The topological polar surface area (TPSA) is 62.7 Å². The van der Waals surface area contributed by atoms with Crippen molar-refractivity contribution in [3.05, 3.63) is 76.8 Å². The Morgan fingerprint density at radius 1 is 0.828 bits per heavy atom. The minimum absolute atomic E-state index is 0. The second-order valence-electron chi connectivity index (χ2n) is 6.51. The summed E-state index contributed by atoms with van der Waals surface area (Å²) in [5.41, 5.74) is 2.20. The fraction of sp³-hybridized carbons (Fsp3) is 0.273. The molecule has 0 unspecified atom stereocenters. The molecule has 0 radical (unpaired) electrons. The number of hydrogen-bond acceptors (Lipinski definition) is 2. The first-order valence-corrected chi connectivity index (χ1v) is 9.78. The Kier molecular flexibility index (Phi) is 12.0. The Balaban J connectivity index is 0.00000210. The third-order valence-electron chi connectivity index (χ3n) is 4.60. The number of aliphatic hydroxyl groups excluding tert-OH is 1. The van der Waals surface area contributed by atoms with Crippen molar-refractivity contribution in [3.63, 3.8) is 0 Å². The Morgan fingerprint density at radius 2 is 1.55 bits per heavy atom. The summed E-state index contributed by atoms with van der Waals surface area (Å²) in [5.74, 6) is 0.907. The van der Waals surface area contributed by atoms with Crippen molar-refractivity contribution in [1.29, 1.82) is 0 Å². The van der Waals surface area contributed by atoms with E-state index in [4.69, 9.17) is 21.4 Å². The zero-order chi connectivity index (χ0) is 18.9. The zero-order valence-electron chi connectivity index (χ0n) is 16.2. The standard InChI is InChI=1S/C22H25ClN2O2.2ClH/c23-21-8-4-2-6-18(21)16-27-22-10-9-17-5-1-3-7-19(17)20(22)15-25-12-11-24-13-14-26;;/h1-10,24-26H,11-16H2;2*1H. The van der Waals surface area contributed by atoms with Gasteiger partial charge < -0.3 is 45.3 Å². The first-order chi connectivity index (χ1) is 13.3. The van der Waals surface area contributed by atoms with Crippen LogP contribution in [-0.2, 0) is 13.2 Å². The van der Waals surface area contributed by atoms with Crippen LogP contribution in [0, 0.1) is 0 Å². The fourth-order valence-electron chi connectivity index (χ4n) is 3.15. The van der Waals surface area contributed by atoms with Crippen molar-refractivity contribution in [1.82, 2.24) is 0 Å². The average Bonchev–Trinajstić information content (AvgIpc) is 2.70. The molecule has 0 heterocycles. The molecule has 0 saturated carbocycles. The molecule has 0 atom stereocenters. The van der Waals surface area contributed by atoms with Gasteiger partial charge in [0.2, 0.25) is 0 Å². The SMILES string of the molecule is OCC[NH2+]CC[NH2+]Cc1c(OCc2ccccc2Cl)ccc2ccccc12.[Cl-].[Cl-]. The lowest BCUT2D eigenvalue weighted by molar-refractivity contribution is -0.731. The smallest absolute Gasteiger partial charge is 0.129 e. The van der Waals surface area contributed by atoms with Gasteiger partial charge in [0.05, 0.1) is 18.7 Å². The van der Waals surface area contributed by atoms with Crippen LogP contribution in [0.15, 0.2) is 60.7 Å². The van der Waals surface area contributed by atoms with E-state index in [9.17, 15) is 0 Å². The number of nitrogens with two attached hydrogens (primary N) is 2. The van der Waals surface area contributed by atoms with E-state index in [-0.39, 0.29) is 31.4 Å². The molecule has 29 heavy (non-hydrogen) atoms. The van der Waals surface area contributed by atoms with Gasteiger partial charge in [-0.05, 0) is 22.9 Å². The number of aliphatic hydroxyl groups is 1. The normalized spacial score (nSPS) is 10.3. The highest BCUT2D eigenvalue weighted by atomic mass is 35.5. The molecular weight excluding hydrogens is 431 g/mol. The maximum absolute atomic E-state index is 8.86. The molecule has 3 aromatic rings. The van der Waals surface area contributed by atoms with Crippen LogP contribution in [0.25, 0.3) is 10.8 Å². The third-order valence-corrected chi connectivity index (χ3v) is 4.96. The second kappa shape index (κ2) is 13.6. The molecule has 0 bridgehead atoms. The number of rotatable bonds is 10. The van der Waals surface area contributed by atoms with Gasteiger partial charge in [0.15, 0.2) is 0 Å². The van der Waals surface area contributed by atoms with Gasteiger partial charge in [-0.25, -0.2) is 0 Å². The predicted molar refractivity (Wildman–Crippen MR) is 109 cm³/mol. The summed E-state index contributed by atoms with van der Waals surface area (Å²) < 4.78 is 6.16. The molecule has 158 valence electrons. The van der Waals surface area contributed by atoms with Gasteiger partial charge in [-0.2, -0.15) is 0 Å². The van der Waals surface area contributed by atoms with Crippen molar-refractivity contribution in [2.24, 2.45) is 0 Å². The lowest BCUT2D eigenvalue weighted by Crippen LogP contribution is -3.00. The van der Waals surface area contributed by atoms with Crippen LogP contribution in [0.5, 0.6) is 5.75 Å². The number of ether oxygens (including phenoxy) is 1. The quantitative estimate of drug-likeness (QED) is 0.270. The number of halogens is 3. The molecule has 0 aromatic heterocycles. The monoisotopic (exact) mass is 456 g/mol. The minimum Gasteiger partial charge on any atom is -1.00 e. The highest BCUT2D eigenvalue weighted by Crippen LogP contribution is 2.28. The third kappa shape index (κ3) is 7.34. The lowest BCUT2D eigenvalue weighted by Gasteiger charge is -2.14. The Hall–Kier alpha value is -1.53. The highest BCUT2D eigenvalue weighted by molar-refractivity contribution is 6.31. The second-order valence-corrected chi connectivity index (χ2v) is 6.92.